The highest BCUT2D eigenvalue weighted by atomic mass is 16.6. The highest BCUT2D eigenvalue weighted by Gasteiger charge is 2.15. The summed E-state index contributed by atoms with van der Waals surface area (Å²) >= 11 is 0. The number of carbonyl (C=O) groups is 2. The van der Waals surface area contributed by atoms with Crippen molar-refractivity contribution in [1.29, 1.82) is 0 Å². The van der Waals surface area contributed by atoms with E-state index in [4.69, 9.17) is 9.47 Å². The molecule has 0 heterocycles. The lowest BCUT2D eigenvalue weighted by Crippen LogP contribution is -2.28. The molecule has 0 aliphatic heterocycles. The van der Waals surface area contributed by atoms with E-state index >= 15 is 0 Å². The Bertz CT molecular complexity index is 723. The van der Waals surface area contributed by atoms with E-state index in [0.29, 0.717) is 12.8 Å². The van der Waals surface area contributed by atoms with Crippen LogP contribution in [-0.4, -0.2) is 36.4 Å². The third-order valence-corrected chi connectivity index (χ3v) is 4.33. The van der Waals surface area contributed by atoms with Gasteiger partial charge in [-0.2, -0.15) is 0 Å². The standard InChI is InChI=1S/C29H42O5/c1-3-5-7-9-11-12-13-14-15-16-18-19-21-23-28(31)33-26-27(25-30)34-29(32)24-22-20-17-10-8-6-4-2/h5-9,11-18,20,27,30H,3-4,10,19,21-26H2,1-2H3/b7-5+,8-6+,11-9+,13-12+,15-14+,18-16+,20-17+. The van der Waals surface area contributed by atoms with Crippen molar-refractivity contribution in [3.63, 3.8) is 0 Å². The molecule has 0 aliphatic rings. The molecule has 0 saturated heterocycles. The van der Waals surface area contributed by atoms with Gasteiger partial charge in [0, 0.05) is 12.8 Å². The first-order valence-electron chi connectivity index (χ1n) is 12.2. The second-order valence-electron chi connectivity index (χ2n) is 7.41. The molecule has 0 fully saturated rings. The van der Waals surface area contributed by atoms with Gasteiger partial charge in [0.15, 0.2) is 6.10 Å². The first kappa shape index (κ1) is 31.1. The lowest BCUT2D eigenvalue weighted by Gasteiger charge is -2.15. The van der Waals surface area contributed by atoms with E-state index < -0.39 is 12.1 Å². The van der Waals surface area contributed by atoms with E-state index in [-0.39, 0.29) is 32.0 Å². The SMILES string of the molecule is CC/C=C/C=C/C=C/C=C/C=C/CCCC(=O)OCC(CO)OC(=O)CC/C=C/C/C=C/CC. The zero-order chi connectivity index (χ0) is 25.1. The molecule has 1 N–H and O–H groups in total. The van der Waals surface area contributed by atoms with Crippen LogP contribution in [0.25, 0.3) is 0 Å². The van der Waals surface area contributed by atoms with Crippen molar-refractivity contribution in [2.75, 3.05) is 13.2 Å². The number of hydrogen-bond donors (Lipinski definition) is 1. The van der Waals surface area contributed by atoms with Crippen molar-refractivity contribution in [2.45, 2.75) is 71.3 Å². The Morgan fingerprint density at radius 1 is 0.706 bits per heavy atom. The van der Waals surface area contributed by atoms with E-state index in [1.54, 1.807) is 0 Å². The molecule has 188 valence electrons. The molecule has 0 rings (SSSR count). The van der Waals surface area contributed by atoms with Gasteiger partial charge in [-0.1, -0.05) is 98.9 Å². The number of aliphatic hydroxyl groups is 1. The van der Waals surface area contributed by atoms with Gasteiger partial charge in [0.25, 0.3) is 0 Å². The molecule has 5 nitrogen and oxygen atoms in total. The van der Waals surface area contributed by atoms with Crippen LogP contribution in [0.4, 0.5) is 0 Å². The highest BCUT2D eigenvalue weighted by Crippen LogP contribution is 2.04. The normalized spacial score (nSPS) is 13.6. The highest BCUT2D eigenvalue weighted by molar-refractivity contribution is 5.70. The van der Waals surface area contributed by atoms with E-state index in [0.717, 1.165) is 25.7 Å². The first-order valence-corrected chi connectivity index (χ1v) is 12.2. The van der Waals surface area contributed by atoms with Gasteiger partial charge in [-0.15, -0.1) is 0 Å². The number of hydrogen-bond acceptors (Lipinski definition) is 5. The van der Waals surface area contributed by atoms with Crippen LogP contribution >= 0.6 is 0 Å². The largest absolute Gasteiger partial charge is 0.462 e. The average Bonchev–Trinajstić information content (AvgIpc) is 2.84. The Morgan fingerprint density at radius 3 is 1.97 bits per heavy atom. The molecule has 0 amide bonds. The minimum Gasteiger partial charge on any atom is -0.462 e. The molecule has 0 bridgehead atoms. The number of aliphatic hydroxyl groups excluding tert-OH is 1. The third kappa shape index (κ3) is 22.3. The monoisotopic (exact) mass is 470 g/mol. The van der Waals surface area contributed by atoms with E-state index in [2.05, 4.69) is 32.1 Å². The van der Waals surface area contributed by atoms with Gasteiger partial charge in [-0.05, 0) is 38.5 Å². The summed E-state index contributed by atoms with van der Waals surface area (Å²) in [5.41, 5.74) is 0. The molecule has 0 aromatic heterocycles. The second kappa shape index (κ2) is 24.7. The molecule has 0 spiro atoms. The molecule has 0 radical (unpaired) electrons. The maximum absolute atomic E-state index is 11.9. The summed E-state index contributed by atoms with van der Waals surface area (Å²) in [5, 5.41) is 9.36. The number of ether oxygens (including phenoxy) is 2. The predicted molar refractivity (Wildman–Crippen MR) is 140 cm³/mol. The molecule has 0 saturated carbocycles. The van der Waals surface area contributed by atoms with Crippen LogP contribution in [0.2, 0.25) is 0 Å². The lowest BCUT2D eigenvalue weighted by atomic mass is 10.2. The van der Waals surface area contributed by atoms with Gasteiger partial charge >= 0.3 is 11.9 Å². The molecule has 1 atom stereocenters. The lowest BCUT2D eigenvalue weighted by molar-refractivity contribution is -0.161. The second-order valence-corrected chi connectivity index (χ2v) is 7.41. The van der Waals surface area contributed by atoms with Crippen LogP contribution in [0.1, 0.15) is 65.2 Å². The van der Waals surface area contributed by atoms with Crippen molar-refractivity contribution in [3.05, 3.63) is 85.1 Å². The Morgan fingerprint density at radius 2 is 1.32 bits per heavy atom. The minimum absolute atomic E-state index is 0.133. The van der Waals surface area contributed by atoms with Gasteiger partial charge in [0.1, 0.15) is 6.61 Å². The molecule has 0 aromatic carbocycles. The van der Waals surface area contributed by atoms with Crippen molar-refractivity contribution in [3.8, 4) is 0 Å². The topological polar surface area (TPSA) is 72.8 Å². The molecule has 1 unspecified atom stereocenters. The Labute approximate surface area is 205 Å². The predicted octanol–water partition coefficient (Wildman–Crippen LogP) is 6.49. The van der Waals surface area contributed by atoms with E-state index in [1.165, 1.54) is 0 Å². The van der Waals surface area contributed by atoms with Gasteiger partial charge < -0.3 is 14.6 Å². The number of rotatable bonds is 19. The van der Waals surface area contributed by atoms with Crippen LogP contribution in [0.15, 0.2) is 85.1 Å². The summed E-state index contributed by atoms with van der Waals surface area (Å²) in [6.07, 6.45) is 32.4. The molecular formula is C29H42O5. The van der Waals surface area contributed by atoms with Crippen LogP contribution in [0.5, 0.6) is 0 Å². The van der Waals surface area contributed by atoms with Crippen LogP contribution in [-0.2, 0) is 19.1 Å². The van der Waals surface area contributed by atoms with E-state index in [1.807, 2.05) is 66.8 Å². The number of allylic oxidation sites excluding steroid dienone is 14. The summed E-state index contributed by atoms with van der Waals surface area (Å²) in [7, 11) is 0. The van der Waals surface area contributed by atoms with Gasteiger partial charge in [-0.3, -0.25) is 9.59 Å². The van der Waals surface area contributed by atoms with Crippen LogP contribution < -0.4 is 0 Å². The molecule has 0 aromatic rings. The van der Waals surface area contributed by atoms with Gasteiger partial charge in [-0.25, -0.2) is 0 Å². The van der Waals surface area contributed by atoms with Crippen molar-refractivity contribution >= 4 is 11.9 Å². The minimum atomic E-state index is -0.830. The smallest absolute Gasteiger partial charge is 0.306 e. The number of esters is 2. The first-order chi connectivity index (χ1) is 16.6. The number of unbranched alkanes of at least 4 members (excludes halogenated alkanes) is 1. The van der Waals surface area contributed by atoms with Crippen molar-refractivity contribution in [1.82, 2.24) is 0 Å². The zero-order valence-electron chi connectivity index (χ0n) is 20.8. The summed E-state index contributed by atoms with van der Waals surface area (Å²) in [6, 6.07) is 0. The molecule has 0 aliphatic carbocycles. The fourth-order valence-electron chi connectivity index (χ4n) is 2.52. The van der Waals surface area contributed by atoms with Crippen LogP contribution in [0.3, 0.4) is 0 Å². The van der Waals surface area contributed by atoms with E-state index in [9.17, 15) is 14.7 Å². The quantitative estimate of drug-likeness (QED) is 0.101. The number of carbonyl (C=O) groups excluding carboxylic acids is 2. The summed E-state index contributed by atoms with van der Waals surface area (Å²) in [5.74, 6) is -0.783. The summed E-state index contributed by atoms with van der Waals surface area (Å²) < 4.78 is 10.3. The third-order valence-electron chi connectivity index (χ3n) is 4.33. The fourth-order valence-corrected chi connectivity index (χ4v) is 2.52. The average molecular weight is 471 g/mol. The van der Waals surface area contributed by atoms with Crippen molar-refractivity contribution < 1.29 is 24.2 Å². The molecule has 34 heavy (non-hydrogen) atoms. The maximum atomic E-state index is 11.9. The summed E-state index contributed by atoms with van der Waals surface area (Å²) in [6.45, 7) is 3.66. The van der Waals surface area contributed by atoms with Crippen molar-refractivity contribution in [2.24, 2.45) is 0 Å². The van der Waals surface area contributed by atoms with Gasteiger partial charge in [0.05, 0.1) is 6.61 Å². The molecular weight excluding hydrogens is 428 g/mol. The zero-order valence-corrected chi connectivity index (χ0v) is 20.8. The Kier molecular flexibility index (Phi) is 22.6. The van der Waals surface area contributed by atoms with Crippen LogP contribution in [0, 0.1) is 0 Å². The maximum Gasteiger partial charge on any atom is 0.306 e. The van der Waals surface area contributed by atoms with Gasteiger partial charge in [0.2, 0.25) is 0 Å². The summed E-state index contributed by atoms with van der Waals surface area (Å²) in [4.78, 5) is 23.7. The fraction of sp³-hybridized carbons (Fsp3) is 0.448. The Hall–Kier alpha value is -2.92. The molecule has 5 heteroatoms. The Balaban J connectivity index is 3.93.